The quantitative estimate of drug-likeness (QED) is 0.277. The number of hydrazine groups is 1. The van der Waals surface area contributed by atoms with Crippen molar-refractivity contribution in [2.45, 2.75) is 51.0 Å². The number of benzene rings is 1. The number of ether oxygens (including phenoxy) is 2. The van der Waals surface area contributed by atoms with Gasteiger partial charge in [-0.2, -0.15) is 0 Å². The van der Waals surface area contributed by atoms with Crippen molar-refractivity contribution in [2.75, 3.05) is 53.0 Å². The Morgan fingerprint density at radius 2 is 2.14 bits per heavy atom. The molecule has 3 unspecified atom stereocenters. The normalized spacial score (nSPS) is 21.2. The average molecular weight is 543 g/mol. The van der Waals surface area contributed by atoms with Crippen molar-refractivity contribution in [3.63, 3.8) is 0 Å². The molecule has 1 aromatic carbocycles. The van der Waals surface area contributed by atoms with Gasteiger partial charge in [-0.15, -0.1) is 0 Å². The van der Waals surface area contributed by atoms with Crippen molar-refractivity contribution in [3.05, 3.63) is 34.6 Å². The molecule has 3 amide bonds. The van der Waals surface area contributed by atoms with Gasteiger partial charge in [0.25, 0.3) is 0 Å². The van der Waals surface area contributed by atoms with Gasteiger partial charge in [0.05, 0.1) is 12.7 Å². The van der Waals surface area contributed by atoms with Crippen molar-refractivity contribution in [1.29, 1.82) is 0 Å². The third-order valence-corrected chi connectivity index (χ3v) is 7.26. The molecule has 2 aliphatic heterocycles. The van der Waals surface area contributed by atoms with E-state index in [1.165, 1.54) is 25.0 Å². The summed E-state index contributed by atoms with van der Waals surface area (Å²) in [6, 6.07) is 4.20. The molecular formula is C26H40ClFN4O5. The second kappa shape index (κ2) is 15.3. The van der Waals surface area contributed by atoms with E-state index < -0.39 is 18.0 Å². The molecule has 9 nitrogen and oxygen atoms in total. The van der Waals surface area contributed by atoms with Gasteiger partial charge in [-0.25, -0.2) is 19.4 Å². The maximum absolute atomic E-state index is 14.2. The van der Waals surface area contributed by atoms with Crippen LogP contribution < -0.4 is 10.7 Å². The van der Waals surface area contributed by atoms with Crippen molar-refractivity contribution in [1.82, 2.24) is 20.7 Å². The Bertz CT molecular complexity index is 851. The van der Waals surface area contributed by atoms with Gasteiger partial charge in [0.2, 0.25) is 0 Å². The first-order valence-corrected chi connectivity index (χ1v) is 13.6. The van der Waals surface area contributed by atoms with E-state index in [1.54, 1.807) is 18.1 Å². The van der Waals surface area contributed by atoms with E-state index in [9.17, 15) is 14.0 Å². The number of likely N-dealkylation sites (tertiary alicyclic amines) is 1. The van der Waals surface area contributed by atoms with Crippen LogP contribution in [0.2, 0.25) is 5.02 Å². The fourth-order valence-electron chi connectivity index (χ4n) is 5.23. The minimum Gasteiger partial charge on any atom is -0.465 e. The van der Waals surface area contributed by atoms with E-state index in [0.29, 0.717) is 31.1 Å². The highest BCUT2D eigenvalue weighted by molar-refractivity contribution is 6.30. The second-order valence-electron chi connectivity index (χ2n) is 9.81. The number of halogens is 2. The standard InChI is InChI=1S/C26H40ClFN4O5/c1-29-32(11-4-7-19-6-2-3-12-36-18-19)26(35)31-10-5-8-20(17-31)24(37-13-9-30-25(33)34)21-14-22(27)16-23(28)15-21/h14-16,19-20,24,29-30H,2-13,17-18H2,1H3,(H,33,34). The zero-order valence-electron chi connectivity index (χ0n) is 21.6. The number of carboxylic acid groups (broad SMARTS) is 1. The molecule has 2 aliphatic rings. The van der Waals surface area contributed by atoms with Gasteiger partial charge >= 0.3 is 12.1 Å². The van der Waals surface area contributed by atoms with Gasteiger partial charge in [-0.05, 0) is 68.2 Å². The second-order valence-corrected chi connectivity index (χ2v) is 10.2. The third kappa shape index (κ3) is 9.59. The zero-order valence-corrected chi connectivity index (χ0v) is 22.4. The first kappa shape index (κ1) is 29.4. The van der Waals surface area contributed by atoms with E-state index in [2.05, 4.69) is 10.7 Å². The van der Waals surface area contributed by atoms with Crippen LogP contribution in [-0.4, -0.2) is 80.2 Å². The molecule has 0 aromatic heterocycles. The Morgan fingerprint density at radius 3 is 2.89 bits per heavy atom. The maximum atomic E-state index is 14.2. The van der Waals surface area contributed by atoms with Crippen LogP contribution in [0.15, 0.2) is 18.2 Å². The Labute approximate surface area is 223 Å². The van der Waals surface area contributed by atoms with Gasteiger partial charge in [0.15, 0.2) is 0 Å². The molecule has 2 saturated heterocycles. The lowest BCUT2D eigenvalue weighted by molar-refractivity contribution is -0.0115. The number of hydrogen-bond acceptors (Lipinski definition) is 5. The first-order chi connectivity index (χ1) is 17.9. The van der Waals surface area contributed by atoms with Crippen LogP contribution in [0.4, 0.5) is 14.0 Å². The van der Waals surface area contributed by atoms with E-state index >= 15 is 0 Å². The lowest BCUT2D eigenvalue weighted by Crippen LogP contribution is -2.52. The van der Waals surface area contributed by atoms with Crippen LogP contribution in [0.25, 0.3) is 0 Å². The molecule has 3 rings (SSSR count). The van der Waals surface area contributed by atoms with Crippen molar-refractivity contribution in [2.24, 2.45) is 11.8 Å². The highest BCUT2D eigenvalue weighted by Gasteiger charge is 2.33. The molecule has 0 aliphatic carbocycles. The SMILES string of the molecule is CNN(CCCC1CCCCOC1)C(=O)N1CCCC(C(OCCNC(=O)O)c2cc(F)cc(Cl)c2)C1. The van der Waals surface area contributed by atoms with Crippen LogP contribution in [0.5, 0.6) is 0 Å². The maximum Gasteiger partial charge on any atom is 0.404 e. The summed E-state index contributed by atoms with van der Waals surface area (Å²) in [7, 11) is 1.75. The van der Waals surface area contributed by atoms with Gasteiger partial charge in [0.1, 0.15) is 5.82 Å². The van der Waals surface area contributed by atoms with Gasteiger partial charge in [0, 0.05) is 57.4 Å². The number of piperidine rings is 1. The van der Waals surface area contributed by atoms with Crippen LogP contribution in [0, 0.1) is 17.7 Å². The summed E-state index contributed by atoms with van der Waals surface area (Å²) in [6.07, 6.45) is 5.31. The molecule has 3 atom stereocenters. The Kier molecular flexibility index (Phi) is 12.2. The predicted molar refractivity (Wildman–Crippen MR) is 139 cm³/mol. The molecule has 3 N–H and O–H groups in total. The smallest absolute Gasteiger partial charge is 0.404 e. The number of carbonyl (C=O) groups excluding carboxylic acids is 1. The molecular weight excluding hydrogens is 503 g/mol. The fourth-order valence-corrected chi connectivity index (χ4v) is 5.46. The minimum atomic E-state index is -1.14. The Balaban J connectivity index is 1.61. The van der Waals surface area contributed by atoms with E-state index in [4.69, 9.17) is 26.2 Å². The molecule has 2 heterocycles. The number of urea groups is 1. The fraction of sp³-hybridized carbons (Fsp3) is 0.692. The topological polar surface area (TPSA) is 103 Å². The lowest BCUT2D eigenvalue weighted by atomic mass is 9.88. The first-order valence-electron chi connectivity index (χ1n) is 13.2. The molecule has 1 aromatic rings. The van der Waals surface area contributed by atoms with Gasteiger partial charge < -0.3 is 24.8 Å². The van der Waals surface area contributed by atoms with Crippen LogP contribution in [0.3, 0.4) is 0 Å². The number of hydrogen-bond donors (Lipinski definition) is 3. The van der Waals surface area contributed by atoms with Crippen molar-refractivity contribution < 1.29 is 28.6 Å². The average Bonchev–Trinajstić information content (AvgIpc) is 3.14. The molecule has 0 saturated carbocycles. The summed E-state index contributed by atoms with van der Waals surface area (Å²) in [5.74, 6) is -0.0199. The predicted octanol–water partition coefficient (Wildman–Crippen LogP) is 4.67. The zero-order chi connectivity index (χ0) is 26.6. The van der Waals surface area contributed by atoms with E-state index in [-0.39, 0.29) is 30.1 Å². The number of rotatable bonds is 11. The number of carbonyl (C=O) groups is 2. The van der Waals surface area contributed by atoms with Crippen LogP contribution >= 0.6 is 11.6 Å². The molecule has 208 valence electrons. The number of amides is 3. The molecule has 2 fully saturated rings. The Morgan fingerprint density at radius 1 is 1.30 bits per heavy atom. The van der Waals surface area contributed by atoms with Crippen LogP contribution in [-0.2, 0) is 9.47 Å². The summed E-state index contributed by atoms with van der Waals surface area (Å²) in [6.45, 7) is 3.53. The Hall–Kier alpha value is -2.14. The minimum absolute atomic E-state index is 0.0899. The number of nitrogens with zero attached hydrogens (tertiary/aromatic N) is 2. The van der Waals surface area contributed by atoms with Gasteiger partial charge in [-0.1, -0.05) is 18.0 Å². The molecule has 37 heavy (non-hydrogen) atoms. The summed E-state index contributed by atoms with van der Waals surface area (Å²) < 4.78 is 25.9. The van der Waals surface area contributed by atoms with E-state index in [0.717, 1.165) is 45.3 Å². The summed E-state index contributed by atoms with van der Waals surface area (Å²) in [4.78, 5) is 26.0. The summed E-state index contributed by atoms with van der Waals surface area (Å²) in [5.41, 5.74) is 3.62. The summed E-state index contributed by atoms with van der Waals surface area (Å²) >= 11 is 6.12. The largest absolute Gasteiger partial charge is 0.465 e. The van der Waals surface area contributed by atoms with Crippen molar-refractivity contribution >= 4 is 23.7 Å². The number of nitrogens with one attached hydrogen (secondary N) is 2. The molecule has 11 heteroatoms. The highest BCUT2D eigenvalue weighted by Crippen LogP contribution is 2.34. The molecule has 0 radical (unpaired) electrons. The monoisotopic (exact) mass is 542 g/mol. The molecule has 0 spiro atoms. The third-order valence-electron chi connectivity index (χ3n) is 7.05. The van der Waals surface area contributed by atoms with E-state index in [1.807, 2.05) is 4.90 Å². The van der Waals surface area contributed by atoms with Crippen LogP contribution in [0.1, 0.15) is 56.6 Å². The lowest BCUT2D eigenvalue weighted by Gasteiger charge is -2.39. The molecule has 0 bridgehead atoms. The summed E-state index contributed by atoms with van der Waals surface area (Å²) in [5, 5.41) is 13.0. The van der Waals surface area contributed by atoms with Gasteiger partial charge in [-0.3, -0.25) is 5.01 Å². The highest BCUT2D eigenvalue weighted by atomic mass is 35.5. The van der Waals surface area contributed by atoms with Crippen molar-refractivity contribution in [3.8, 4) is 0 Å².